The molecule has 0 N–H and O–H groups in total. The van der Waals surface area contributed by atoms with Gasteiger partial charge in [0.05, 0.1) is 0 Å². The Hall–Kier alpha value is -2.27. The first-order valence-electron chi connectivity index (χ1n) is 8.78. The largest absolute Gasteiger partial charge is 0.360 e. The fourth-order valence-corrected chi connectivity index (χ4v) is 5.08. The Bertz CT molecular complexity index is 872. The Labute approximate surface area is 157 Å². The van der Waals surface area contributed by atoms with Gasteiger partial charge in [-0.25, -0.2) is 13.4 Å². The first-order valence-corrected chi connectivity index (χ1v) is 10.2. The summed E-state index contributed by atoms with van der Waals surface area (Å²) in [5, 5.41) is 8.97. The predicted molar refractivity (Wildman–Crippen MR) is 95.4 cm³/mol. The highest BCUT2D eigenvalue weighted by molar-refractivity contribution is 7.89. The van der Waals surface area contributed by atoms with Crippen molar-refractivity contribution in [3.05, 3.63) is 11.5 Å². The van der Waals surface area contributed by atoms with E-state index in [0.717, 1.165) is 0 Å². The number of carbonyl (C=O) groups is 2. The summed E-state index contributed by atoms with van der Waals surface area (Å²) >= 11 is 0. The number of rotatable bonds is 3. The number of sulfonamides is 1. The molecule has 2 aliphatic heterocycles. The molecule has 2 amide bonds. The third kappa shape index (κ3) is 3.74. The average Bonchev–Trinajstić information content (AvgIpc) is 2.83. The quantitative estimate of drug-likeness (QED) is 0.715. The van der Waals surface area contributed by atoms with Crippen LogP contribution in [0.4, 0.5) is 0 Å². The zero-order valence-corrected chi connectivity index (χ0v) is 16.5. The van der Waals surface area contributed by atoms with E-state index < -0.39 is 10.0 Å². The maximum Gasteiger partial charge on any atom is 0.270 e. The van der Waals surface area contributed by atoms with Crippen molar-refractivity contribution in [1.82, 2.24) is 19.4 Å². The molecule has 0 atom stereocenters. The van der Waals surface area contributed by atoms with Crippen LogP contribution in [0.25, 0.3) is 0 Å². The number of hydrogen-bond donors (Lipinski definition) is 0. The Morgan fingerprint density at radius 3 is 2.48 bits per heavy atom. The lowest BCUT2D eigenvalue weighted by molar-refractivity contribution is -0.130. The molecule has 3 heterocycles. The van der Waals surface area contributed by atoms with Crippen LogP contribution in [-0.4, -0.2) is 78.5 Å². The van der Waals surface area contributed by atoms with Crippen LogP contribution < -0.4 is 0 Å². The second-order valence-electron chi connectivity index (χ2n) is 6.67. The van der Waals surface area contributed by atoms with Crippen molar-refractivity contribution in [3.8, 4) is 0 Å². The second kappa shape index (κ2) is 7.39. The number of aromatic nitrogens is 1. The summed E-state index contributed by atoms with van der Waals surface area (Å²) < 4.78 is 32.3. The zero-order chi connectivity index (χ0) is 19.8. The minimum absolute atomic E-state index is 0.0964. The van der Waals surface area contributed by atoms with Gasteiger partial charge in [0.2, 0.25) is 15.9 Å². The molecule has 0 aliphatic carbocycles. The fourth-order valence-electron chi connectivity index (χ4n) is 3.32. The van der Waals surface area contributed by atoms with E-state index in [4.69, 9.17) is 4.52 Å². The van der Waals surface area contributed by atoms with E-state index in [1.54, 1.807) is 18.7 Å². The number of aryl methyl sites for hydroxylation is 2. The predicted octanol–water partition coefficient (Wildman–Crippen LogP) is 0.123. The molecule has 0 saturated carbocycles. The first-order chi connectivity index (χ1) is 12.7. The number of hydrogen-bond acceptors (Lipinski definition) is 7. The summed E-state index contributed by atoms with van der Waals surface area (Å²) in [6.07, 6.45) is 1.07. The third-order valence-electron chi connectivity index (χ3n) is 4.76. The van der Waals surface area contributed by atoms with Gasteiger partial charge < -0.3 is 9.42 Å². The molecule has 148 valence electrons. The highest BCUT2D eigenvalue weighted by atomic mass is 32.2. The zero-order valence-electron chi connectivity index (χ0n) is 15.6. The standard InChI is InChI=1S/C16H23N5O5S/c1-11-15(12(2)26-18-11)27(24,25)21-8-4-7-20(9-10-21)16(23)13-5-6-14(22)19(3)17-13/h4-10H2,1-3H3. The fraction of sp³-hybridized carbons (Fsp3) is 0.625. The van der Waals surface area contributed by atoms with Gasteiger partial charge in [-0.15, -0.1) is 0 Å². The van der Waals surface area contributed by atoms with Crippen LogP contribution in [0, 0.1) is 13.8 Å². The van der Waals surface area contributed by atoms with Crippen LogP contribution >= 0.6 is 0 Å². The van der Waals surface area contributed by atoms with Crippen LogP contribution in [0.2, 0.25) is 0 Å². The van der Waals surface area contributed by atoms with Gasteiger partial charge >= 0.3 is 0 Å². The summed E-state index contributed by atoms with van der Waals surface area (Å²) in [7, 11) is -2.21. The molecule has 1 fully saturated rings. The number of carbonyl (C=O) groups excluding carboxylic acids is 2. The molecule has 1 aromatic heterocycles. The second-order valence-corrected chi connectivity index (χ2v) is 8.54. The molecule has 1 aromatic rings. The number of hydrazone groups is 1. The molecule has 27 heavy (non-hydrogen) atoms. The van der Waals surface area contributed by atoms with Crippen molar-refractivity contribution in [2.24, 2.45) is 5.10 Å². The number of amides is 2. The van der Waals surface area contributed by atoms with Crippen molar-refractivity contribution in [2.75, 3.05) is 33.2 Å². The van der Waals surface area contributed by atoms with Crippen molar-refractivity contribution >= 4 is 27.5 Å². The lowest BCUT2D eigenvalue weighted by atomic mass is 10.1. The number of nitrogens with zero attached hydrogens (tertiary/aromatic N) is 5. The van der Waals surface area contributed by atoms with Gasteiger partial charge in [-0.1, -0.05) is 5.16 Å². The SMILES string of the molecule is Cc1noc(C)c1S(=O)(=O)N1CCCN(C(=O)C2=NN(C)C(=O)CC2)CC1. The Morgan fingerprint density at radius 2 is 1.85 bits per heavy atom. The normalized spacial score (nSPS) is 19.8. The maximum absolute atomic E-state index is 13.0. The van der Waals surface area contributed by atoms with E-state index in [1.807, 2.05) is 0 Å². The van der Waals surface area contributed by atoms with E-state index in [-0.39, 0.29) is 42.0 Å². The van der Waals surface area contributed by atoms with Crippen LogP contribution in [0.15, 0.2) is 14.5 Å². The van der Waals surface area contributed by atoms with Crippen LogP contribution in [0.3, 0.4) is 0 Å². The van der Waals surface area contributed by atoms with Gasteiger partial charge in [-0.3, -0.25) is 9.59 Å². The monoisotopic (exact) mass is 397 g/mol. The Morgan fingerprint density at radius 1 is 1.11 bits per heavy atom. The van der Waals surface area contributed by atoms with Crippen molar-refractivity contribution in [1.29, 1.82) is 0 Å². The highest BCUT2D eigenvalue weighted by Crippen LogP contribution is 2.24. The summed E-state index contributed by atoms with van der Waals surface area (Å²) in [5.74, 6) is -0.112. The molecule has 0 spiro atoms. The smallest absolute Gasteiger partial charge is 0.270 e. The van der Waals surface area contributed by atoms with Crippen LogP contribution in [0.5, 0.6) is 0 Å². The molecule has 1 saturated heterocycles. The van der Waals surface area contributed by atoms with E-state index in [0.29, 0.717) is 37.3 Å². The molecule has 0 radical (unpaired) electrons. The van der Waals surface area contributed by atoms with Gasteiger partial charge in [0.25, 0.3) is 5.91 Å². The third-order valence-corrected chi connectivity index (χ3v) is 6.91. The summed E-state index contributed by atoms with van der Waals surface area (Å²) in [5.41, 5.74) is 0.660. The molecule has 11 heteroatoms. The van der Waals surface area contributed by atoms with Gasteiger partial charge in [0.1, 0.15) is 16.3 Å². The molecule has 3 rings (SSSR count). The van der Waals surface area contributed by atoms with Crippen molar-refractivity contribution in [3.63, 3.8) is 0 Å². The Balaban J connectivity index is 1.73. The summed E-state index contributed by atoms with van der Waals surface area (Å²) in [4.78, 5) is 25.9. The first kappa shape index (κ1) is 19.5. The molecule has 10 nitrogen and oxygen atoms in total. The van der Waals surface area contributed by atoms with Crippen LogP contribution in [0.1, 0.15) is 30.7 Å². The molecular weight excluding hydrogens is 374 g/mol. The molecular formula is C16H23N5O5S. The van der Waals surface area contributed by atoms with E-state index >= 15 is 0 Å². The van der Waals surface area contributed by atoms with Gasteiger partial charge in [0, 0.05) is 46.1 Å². The molecule has 0 aromatic carbocycles. The minimum Gasteiger partial charge on any atom is -0.360 e. The topological polar surface area (TPSA) is 116 Å². The maximum atomic E-state index is 13.0. The lowest BCUT2D eigenvalue weighted by Gasteiger charge is -2.25. The van der Waals surface area contributed by atoms with Crippen LogP contribution in [-0.2, 0) is 19.6 Å². The molecule has 0 bridgehead atoms. The van der Waals surface area contributed by atoms with E-state index in [1.165, 1.54) is 16.4 Å². The lowest BCUT2D eigenvalue weighted by Crippen LogP contribution is -2.42. The van der Waals surface area contributed by atoms with E-state index in [9.17, 15) is 18.0 Å². The molecule has 0 unspecified atom stereocenters. The molecule has 2 aliphatic rings. The van der Waals surface area contributed by atoms with Crippen molar-refractivity contribution < 1.29 is 22.5 Å². The Kier molecular flexibility index (Phi) is 5.33. The highest BCUT2D eigenvalue weighted by Gasteiger charge is 2.34. The van der Waals surface area contributed by atoms with Gasteiger partial charge in [0.15, 0.2) is 5.76 Å². The minimum atomic E-state index is -3.74. The average molecular weight is 397 g/mol. The van der Waals surface area contributed by atoms with Gasteiger partial charge in [-0.2, -0.15) is 9.41 Å². The van der Waals surface area contributed by atoms with Gasteiger partial charge in [-0.05, 0) is 20.3 Å². The van der Waals surface area contributed by atoms with Crippen molar-refractivity contribution in [2.45, 2.75) is 38.0 Å². The van der Waals surface area contributed by atoms with E-state index in [2.05, 4.69) is 10.3 Å². The summed E-state index contributed by atoms with van der Waals surface area (Å²) in [6, 6.07) is 0. The summed E-state index contributed by atoms with van der Waals surface area (Å²) in [6.45, 7) is 4.35.